The number of nitrogens with zero attached hydrogens (tertiary/aromatic N) is 1. The third-order valence-electron chi connectivity index (χ3n) is 3.26. The van der Waals surface area contributed by atoms with Crippen molar-refractivity contribution in [1.29, 1.82) is 0 Å². The lowest BCUT2D eigenvalue weighted by Crippen LogP contribution is -2.38. The van der Waals surface area contributed by atoms with E-state index in [1.807, 2.05) is 18.7 Å². The molecule has 0 aromatic heterocycles. The van der Waals surface area contributed by atoms with Crippen LogP contribution in [0.15, 0.2) is 29.2 Å². The maximum atomic E-state index is 12.4. The van der Waals surface area contributed by atoms with E-state index in [-0.39, 0.29) is 16.8 Å². The van der Waals surface area contributed by atoms with Crippen molar-refractivity contribution in [3.8, 4) is 0 Å². The first-order chi connectivity index (χ1) is 8.80. The van der Waals surface area contributed by atoms with E-state index < -0.39 is 9.84 Å². The second kappa shape index (κ2) is 4.96. The zero-order valence-electron chi connectivity index (χ0n) is 11.5. The summed E-state index contributed by atoms with van der Waals surface area (Å²) in [5.41, 5.74) is 0.549. The van der Waals surface area contributed by atoms with E-state index in [1.165, 1.54) is 12.1 Å². The van der Waals surface area contributed by atoms with Crippen LogP contribution in [-0.2, 0) is 9.84 Å². The first kappa shape index (κ1) is 14.1. The van der Waals surface area contributed by atoms with Gasteiger partial charge in [0, 0.05) is 23.9 Å². The molecule has 1 aromatic carbocycles. The SMILES string of the molecule is CC(C)N(C(=O)c1ccc(S(C)(=O)=O)cc1)C1CC1. The van der Waals surface area contributed by atoms with Gasteiger partial charge in [0.15, 0.2) is 9.84 Å². The predicted octanol–water partition coefficient (Wildman–Crippen LogP) is 2.10. The van der Waals surface area contributed by atoms with Crippen LogP contribution in [0.1, 0.15) is 37.0 Å². The molecule has 0 radical (unpaired) electrons. The highest BCUT2D eigenvalue weighted by Crippen LogP contribution is 2.30. The van der Waals surface area contributed by atoms with Gasteiger partial charge < -0.3 is 4.90 Å². The van der Waals surface area contributed by atoms with Crippen LogP contribution in [0.2, 0.25) is 0 Å². The van der Waals surface area contributed by atoms with Crippen molar-refractivity contribution in [2.75, 3.05) is 6.26 Å². The molecule has 1 aliphatic rings. The summed E-state index contributed by atoms with van der Waals surface area (Å²) in [6.45, 7) is 4.00. The summed E-state index contributed by atoms with van der Waals surface area (Å²) >= 11 is 0. The van der Waals surface area contributed by atoms with Crippen LogP contribution in [0, 0.1) is 0 Å². The smallest absolute Gasteiger partial charge is 0.254 e. The zero-order valence-corrected chi connectivity index (χ0v) is 12.3. The number of benzene rings is 1. The highest BCUT2D eigenvalue weighted by atomic mass is 32.2. The lowest BCUT2D eigenvalue weighted by atomic mass is 10.1. The average Bonchev–Trinajstić information content (AvgIpc) is 3.12. The zero-order chi connectivity index (χ0) is 14.2. The van der Waals surface area contributed by atoms with Gasteiger partial charge >= 0.3 is 0 Å². The molecule has 2 rings (SSSR count). The summed E-state index contributed by atoms with van der Waals surface area (Å²) in [7, 11) is -3.21. The van der Waals surface area contributed by atoms with Gasteiger partial charge in [-0.2, -0.15) is 0 Å². The molecular formula is C14H19NO3S. The van der Waals surface area contributed by atoms with E-state index in [4.69, 9.17) is 0 Å². The fourth-order valence-electron chi connectivity index (χ4n) is 2.17. The maximum absolute atomic E-state index is 12.4. The number of rotatable bonds is 4. The molecule has 5 heteroatoms. The number of amides is 1. The van der Waals surface area contributed by atoms with E-state index in [9.17, 15) is 13.2 Å². The summed E-state index contributed by atoms with van der Waals surface area (Å²) in [6.07, 6.45) is 3.28. The van der Waals surface area contributed by atoms with Crippen LogP contribution < -0.4 is 0 Å². The number of carbonyl (C=O) groups is 1. The van der Waals surface area contributed by atoms with E-state index in [0.717, 1.165) is 19.1 Å². The van der Waals surface area contributed by atoms with Crippen molar-refractivity contribution in [2.45, 2.75) is 43.7 Å². The second-order valence-corrected chi connectivity index (χ2v) is 7.35. The molecular weight excluding hydrogens is 262 g/mol. The van der Waals surface area contributed by atoms with Crippen LogP contribution in [0.25, 0.3) is 0 Å². The average molecular weight is 281 g/mol. The summed E-state index contributed by atoms with van der Waals surface area (Å²) in [5, 5.41) is 0. The Morgan fingerprint density at radius 3 is 2.11 bits per heavy atom. The largest absolute Gasteiger partial charge is 0.333 e. The molecule has 0 N–H and O–H groups in total. The van der Waals surface area contributed by atoms with Gasteiger partial charge in [-0.25, -0.2) is 8.42 Å². The Morgan fingerprint density at radius 1 is 1.21 bits per heavy atom. The van der Waals surface area contributed by atoms with Gasteiger partial charge in [-0.3, -0.25) is 4.79 Å². The van der Waals surface area contributed by atoms with Crippen molar-refractivity contribution in [2.24, 2.45) is 0 Å². The van der Waals surface area contributed by atoms with Crippen LogP contribution in [0.4, 0.5) is 0 Å². The molecule has 0 atom stereocenters. The van der Waals surface area contributed by atoms with E-state index in [1.54, 1.807) is 12.1 Å². The van der Waals surface area contributed by atoms with Gasteiger partial charge in [0.1, 0.15) is 0 Å². The van der Waals surface area contributed by atoms with Crippen LogP contribution >= 0.6 is 0 Å². The molecule has 1 aliphatic carbocycles. The van der Waals surface area contributed by atoms with Gasteiger partial charge in [0.05, 0.1) is 4.90 Å². The molecule has 0 unspecified atom stereocenters. The molecule has 0 aliphatic heterocycles. The second-order valence-electron chi connectivity index (χ2n) is 5.33. The molecule has 104 valence electrons. The third kappa shape index (κ3) is 3.15. The minimum Gasteiger partial charge on any atom is -0.333 e. The van der Waals surface area contributed by atoms with Crippen LogP contribution in [-0.4, -0.2) is 37.6 Å². The predicted molar refractivity (Wildman–Crippen MR) is 73.9 cm³/mol. The third-order valence-corrected chi connectivity index (χ3v) is 4.39. The Balaban J connectivity index is 2.24. The number of hydrogen-bond donors (Lipinski definition) is 0. The van der Waals surface area contributed by atoms with Gasteiger partial charge in [-0.1, -0.05) is 0 Å². The molecule has 1 fully saturated rings. The summed E-state index contributed by atoms with van der Waals surface area (Å²) in [5.74, 6) is -0.0162. The van der Waals surface area contributed by atoms with E-state index >= 15 is 0 Å². The Kier molecular flexibility index (Phi) is 3.67. The Hall–Kier alpha value is -1.36. The van der Waals surface area contributed by atoms with Gasteiger partial charge in [0.25, 0.3) is 5.91 Å². The summed E-state index contributed by atoms with van der Waals surface area (Å²) in [4.78, 5) is 14.5. The highest BCUT2D eigenvalue weighted by Gasteiger charge is 2.34. The normalized spacial score (nSPS) is 15.6. The molecule has 1 amide bonds. The standard InChI is InChI=1S/C14H19NO3S/c1-10(2)15(12-6-7-12)14(16)11-4-8-13(9-5-11)19(3,17)18/h4-5,8-10,12H,6-7H2,1-3H3. The van der Waals surface area contributed by atoms with Crippen LogP contribution in [0.5, 0.6) is 0 Å². The quantitative estimate of drug-likeness (QED) is 0.849. The number of hydrogen-bond acceptors (Lipinski definition) is 3. The van der Waals surface area contributed by atoms with E-state index in [0.29, 0.717) is 11.6 Å². The summed E-state index contributed by atoms with van der Waals surface area (Å²) < 4.78 is 22.8. The van der Waals surface area contributed by atoms with Crippen molar-refractivity contribution < 1.29 is 13.2 Å². The van der Waals surface area contributed by atoms with E-state index in [2.05, 4.69) is 0 Å². The summed E-state index contributed by atoms with van der Waals surface area (Å²) in [6, 6.07) is 6.69. The first-order valence-electron chi connectivity index (χ1n) is 6.43. The van der Waals surface area contributed by atoms with Crippen molar-refractivity contribution in [3.63, 3.8) is 0 Å². The Morgan fingerprint density at radius 2 is 1.74 bits per heavy atom. The first-order valence-corrected chi connectivity index (χ1v) is 8.32. The van der Waals surface area contributed by atoms with Crippen molar-refractivity contribution in [3.05, 3.63) is 29.8 Å². The molecule has 0 bridgehead atoms. The van der Waals surface area contributed by atoms with Crippen LogP contribution in [0.3, 0.4) is 0 Å². The number of sulfone groups is 1. The molecule has 19 heavy (non-hydrogen) atoms. The number of carbonyl (C=O) groups excluding carboxylic acids is 1. The lowest BCUT2D eigenvalue weighted by molar-refractivity contribution is 0.0690. The molecule has 4 nitrogen and oxygen atoms in total. The molecule has 0 spiro atoms. The molecule has 1 aromatic rings. The van der Waals surface area contributed by atoms with Crippen molar-refractivity contribution >= 4 is 15.7 Å². The molecule has 1 saturated carbocycles. The molecule has 0 heterocycles. The van der Waals surface area contributed by atoms with Gasteiger partial charge in [-0.15, -0.1) is 0 Å². The fourth-order valence-corrected chi connectivity index (χ4v) is 2.80. The minimum absolute atomic E-state index is 0.0162. The Bertz CT molecular complexity index is 569. The lowest BCUT2D eigenvalue weighted by Gasteiger charge is -2.26. The maximum Gasteiger partial charge on any atom is 0.254 e. The topological polar surface area (TPSA) is 54.5 Å². The fraction of sp³-hybridized carbons (Fsp3) is 0.500. The molecule has 0 saturated heterocycles. The van der Waals surface area contributed by atoms with Gasteiger partial charge in [-0.05, 0) is 51.0 Å². The minimum atomic E-state index is -3.21. The Labute approximate surface area is 114 Å². The highest BCUT2D eigenvalue weighted by molar-refractivity contribution is 7.90. The monoisotopic (exact) mass is 281 g/mol. The van der Waals surface area contributed by atoms with Gasteiger partial charge in [0.2, 0.25) is 0 Å². The van der Waals surface area contributed by atoms with Crippen molar-refractivity contribution in [1.82, 2.24) is 4.90 Å².